The number of rotatable bonds is 4. The third-order valence-electron chi connectivity index (χ3n) is 2.57. The summed E-state index contributed by atoms with van der Waals surface area (Å²) in [5.41, 5.74) is -1.12. The molecule has 0 unspecified atom stereocenters. The Kier molecular flexibility index (Phi) is 5.14. The van der Waals surface area contributed by atoms with Crippen LogP contribution in [0.15, 0.2) is 18.2 Å². The second kappa shape index (κ2) is 6.13. The molecule has 21 heavy (non-hydrogen) atoms. The molecule has 2 nitrogen and oxygen atoms in total. The van der Waals surface area contributed by atoms with Crippen molar-refractivity contribution in [3.05, 3.63) is 29.3 Å². The largest absolute Gasteiger partial charge is 0.573 e. The summed E-state index contributed by atoms with van der Waals surface area (Å²) in [6, 6.07) is 1.50. The summed E-state index contributed by atoms with van der Waals surface area (Å²) in [5.74, 6) is -0.885. The fourth-order valence-electron chi connectivity index (χ4n) is 1.82. The van der Waals surface area contributed by atoms with E-state index in [0.717, 1.165) is 12.1 Å². The van der Waals surface area contributed by atoms with Crippen LogP contribution in [0.5, 0.6) is 5.75 Å². The lowest BCUT2D eigenvalue weighted by Gasteiger charge is -2.20. The molecule has 1 aromatic carbocycles. The normalized spacial score (nSPS) is 14.4. The van der Waals surface area contributed by atoms with Gasteiger partial charge in [0.1, 0.15) is 5.75 Å². The minimum Gasteiger partial charge on any atom is -0.406 e. The minimum absolute atomic E-state index is 0.0403. The van der Waals surface area contributed by atoms with Gasteiger partial charge in [-0.15, -0.1) is 13.2 Å². The maximum Gasteiger partial charge on any atom is 0.573 e. The molecule has 0 amide bonds. The van der Waals surface area contributed by atoms with Crippen LogP contribution in [0.4, 0.5) is 26.3 Å². The second-order valence-corrected chi connectivity index (χ2v) is 4.88. The van der Waals surface area contributed by atoms with E-state index in [1.54, 1.807) is 20.8 Å². The van der Waals surface area contributed by atoms with Crippen LogP contribution in [-0.4, -0.2) is 12.4 Å². The minimum atomic E-state index is -5.05. The van der Waals surface area contributed by atoms with Crippen molar-refractivity contribution in [2.24, 2.45) is 0 Å². The van der Waals surface area contributed by atoms with Crippen LogP contribution in [-0.2, 0) is 6.18 Å². The molecule has 1 aromatic rings. The Balaban J connectivity index is 3.21. The van der Waals surface area contributed by atoms with E-state index in [0.29, 0.717) is 6.07 Å². The molecular formula is C13H15F6NO. The molecule has 8 heteroatoms. The van der Waals surface area contributed by atoms with Gasteiger partial charge in [-0.25, -0.2) is 0 Å². The monoisotopic (exact) mass is 315 g/mol. The number of ether oxygens (including phenoxy) is 1. The quantitative estimate of drug-likeness (QED) is 0.816. The predicted molar refractivity (Wildman–Crippen MR) is 64.8 cm³/mol. The van der Waals surface area contributed by atoms with Crippen LogP contribution < -0.4 is 10.1 Å². The van der Waals surface area contributed by atoms with E-state index in [4.69, 9.17) is 0 Å². The molecule has 1 atom stereocenters. The molecule has 0 radical (unpaired) electrons. The maximum absolute atomic E-state index is 12.7. The Bertz CT molecular complexity index is 481. The molecule has 0 spiro atoms. The lowest BCUT2D eigenvalue weighted by atomic mass is 10.0. The molecule has 1 N–H and O–H groups in total. The Hall–Kier alpha value is -1.44. The smallest absolute Gasteiger partial charge is 0.406 e. The van der Waals surface area contributed by atoms with Crippen LogP contribution in [0.1, 0.15) is 37.9 Å². The second-order valence-electron chi connectivity index (χ2n) is 4.88. The van der Waals surface area contributed by atoms with Crippen LogP contribution in [0.25, 0.3) is 0 Å². The molecule has 0 aromatic heterocycles. The fourth-order valence-corrected chi connectivity index (χ4v) is 1.82. The topological polar surface area (TPSA) is 21.3 Å². The summed E-state index contributed by atoms with van der Waals surface area (Å²) in [4.78, 5) is 0. The van der Waals surface area contributed by atoms with Crippen molar-refractivity contribution in [3.63, 3.8) is 0 Å². The van der Waals surface area contributed by atoms with Gasteiger partial charge in [-0.05, 0) is 30.7 Å². The Labute approximate surface area is 118 Å². The van der Waals surface area contributed by atoms with Crippen molar-refractivity contribution in [1.82, 2.24) is 5.32 Å². The predicted octanol–water partition coefficient (Wildman–Crippen LogP) is 4.66. The van der Waals surface area contributed by atoms with Crippen LogP contribution in [0, 0.1) is 0 Å². The molecule has 0 saturated carbocycles. The number of nitrogens with one attached hydrogen (secondary N) is 1. The Morgan fingerprint density at radius 2 is 1.52 bits per heavy atom. The van der Waals surface area contributed by atoms with E-state index in [1.807, 2.05) is 0 Å². The fraction of sp³-hybridized carbons (Fsp3) is 0.538. The number of hydrogen-bond acceptors (Lipinski definition) is 2. The van der Waals surface area contributed by atoms with Gasteiger partial charge in [-0.1, -0.05) is 13.8 Å². The van der Waals surface area contributed by atoms with Crippen LogP contribution in [0.2, 0.25) is 0 Å². The zero-order valence-electron chi connectivity index (χ0n) is 11.6. The summed E-state index contributed by atoms with van der Waals surface area (Å²) < 4.78 is 78.4. The van der Waals surface area contributed by atoms with Gasteiger partial charge in [0, 0.05) is 12.1 Å². The first-order valence-electron chi connectivity index (χ1n) is 6.12. The summed E-state index contributed by atoms with van der Waals surface area (Å²) in [5, 5.41) is 2.92. The van der Waals surface area contributed by atoms with E-state index < -0.39 is 29.9 Å². The van der Waals surface area contributed by atoms with Gasteiger partial charge in [0.2, 0.25) is 0 Å². The van der Waals surface area contributed by atoms with Crippen molar-refractivity contribution in [2.75, 3.05) is 0 Å². The lowest BCUT2D eigenvalue weighted by Crippen LogP contribution is -2.26. The average molecular weight is 315 g/mol. The molecule has 0 fully saturated rings. The third-order valence-corrected chi connectivity index (χ3v) is 2.57. The van der Waals surface area contributed by atoms with E-state index in [-0.39, 0.29) is 11.6 Å². The summed E-state index contributed by atoms with van der Waals surface area (Å²) >= 11 is 0. The first-order valence-corrected chi connectivity index (χ1v) is 6.12. The molecule has 120 valence electrons. The first kappa shape index (κ1) is 17.6. The highest BCUT2D eigenvalue weighted by Crippen LogP contribution is 2.35. The molecule has 0 aliphatic carbocycles. The van der Waals surface area contributed by atoms with Gasteiger partial charge < -0.3 is 10.1 Å². The average Bonchev–Trinajstić information content (AvgIpc) is 2.23. The number of benzene rings is 1. The third kappa shape index (κ3) is 5.82. The highest BCUT2D eigenvalue weighted by atomic mass is 19.4. The molecule has 0 bridgehead atoms. The molecule has 0 saturated heterocycles. The standard InChI is InChI=1S/C13H15F6NO/c1-7(2)20-8(3)9-4-10(12(14,15)16)6-11(5-9)21-13(17,18)19/h4-8,20H,1-3H3/t8-/m1/s1. The summed E-state index contributed by atoms with van der Waals surface area (Å²) in [7, 11) is 0. The highest BCUT2D eigenvalue weighted by molar-refractivity contribution is 5.37. The first-order chi connectivity index (χ1) is 9.38. The summed E-state index contributed by atoms with van der Waals surface area (Å²) in [6.45, 7) is 5.11. The van der Waals surface area contributed by atoms with Crippen LogP contribution >= 0.6 is 0 Å². The van der Waals surface area contributed by atoms with Crippen molar-refractivity contribution in [1.29, 1.82) is 0 Å². The van der Waals surface area contributed by atoms with E-state index in [9.17, 15) is 26.3 Å². The van der Waals surface area contributed by atoms with Crippen molar-refractivity contribution >= 4 is 0 Å². The molecule has 0 aliphatic rings. The van der Waals surface area contributed by atoms with Crippen molar-refractivity contribution in [3.8, 4) is 5.75 Å². The molecule has 1 rings (SSSR count). The van der Waals surface area contributed by atoms with Crippen molar-refractivity contribution < 1.29 is 31.1 Å². The molecular weight excluding hydrogens is 300 g/mol. The Morgan fingerprint density at radius 1 is 0.952 bits per heavy atom. The van der Waals surface area contributed by atoms with Crippen LogP contribution in [0.3, 0.4) is 0 Å². The lowest BCUT2D eigenvalue weighted by molar-refractivity contribution is -0.274. The summed E-state index contributed by atoms with van der Waals surface area (Å²) in [6.07, 6.45) is -9.80. The van der Waals surface area contributed by atoms with E-state index >= 15 is 0 Å². The van der Waals surface area contributed by atoms with Gasteiger partial charge in [0.15, 0.2) is 0 Å². The van der Waals surface area contributed by atoms with Gasteiger partial charge in [0.05, 0.1) is 5.56 Å². The molecule has 0 aliphatic heterocycles. The number of halogens is 6. The van der Waals surface area contributed by atoms with E-state index in [2.05, 4.69) is 10.1 Å². The van der Waals surface area contributed by atoms with E-state index in [1.165, 1.54) is 0 Å². The number of alkyl halides is 6. The van der Waals surface area contributed by atoms with Gasteiger partial charge in [-0.2, -0.15) is 13.2 Å². The Morgan fingerprint density at radius 3 is 1.95 bits per heavy atom. The maximum atomic E-state index is 12.7. The zero-order chi connectivity index (χ0) is 16.4. The molecule has 0 heterocycles. The zero-order valence-corrected chi connectivity index (χ0v) is 11.6. The SMILES string of the molecule is CC(C)N[C@H](C)c1cc(OC(F)(F)F)cc(C(F)(F)F)c1. The van der Waals surface area contributed by atoms with Gasteiger partial charge >= 0.3 is 12.5 Å². The van der Waals surface area contributed by atoms with Gasteiger partial charge in [-0.3, -0.25) is 0 Å². The number of hydrogen-bond donors (Lipinski definition) is 1. The highest BCUT2D eigenvalue weighted by Gasteiger charge is 2.35. The van der Waals surface area contributed by atoms with Crippen molar-refractivity contribution in [2.45, 2.75) is 45.4 Å². The van der Waals surface area contributed by atoms with Gasteiger partial charge in [0.25, 0.3) is 0 Å².